The van der Waals surface area contributed by atoms with Gasteiger partial charge < -0.3 is 15.2 Å². The number of aliphatic hydroxyl groups is 1. The molecular weight excluding hydrogens is 330 g/mol. The third kappa shape index (κ3) is 4.62. The molecule has 1 unspecified atom stereocenters. The molecule has 6 heteroatoms. The largest absolute Gasteiger partial charge is 0.366 e. The molecule has 1 heterocycles. The topological polar surface area (TPSA) is 65.0 Å². The van der Waals surface area contributed by atoms with E-state index in [1.54, 1.807) is 0 Å². The van der Waals surface area contributed by atoms with Crippen molar-refractivity contribution in [2.45, 2.75) is 51.9 Å². The van der Waals surface area contributed by atoms with Gasteiger partial charge in [-0.15, -0.1) is 0 Å². The third-order valence-corrected chi connectivity index (χ3v) is 5.46. The number of amides is 1. The van der Waals surface area contributed by atoms with E-state index in [1.165, 1.54) is 12.7 Å². The van der Waals surface area contributed by atoms with Gasteiger partial charge in [-0.05, 0) is 50.3 Å². The number of carbonyl (C=O) groups excluding carboxylic acids is 1. The van der Waals surface area contributed by atoms with Gasteiger partial charge in [0.15, 0.2) is 6.29 Å². The van der Waals surface area contributed by atoms with Gasteiger partial charge in [-0.1, -0.05) is 17.7 Å². The van der Waals surface area contributed by atoms with E-state index in [0.29, 0.717) is 19.3 Å². The summed E-state index contributed by atoms with van der Waals surface area (Å²) >= 11 is 0. The Kier molecular flexibility index (Phi) is 6.80. The van der Waals surface area contributed by atoms with E-state index in [9.17, 15) is 9.90 Å². The fraction of sp³-hybridized carbons (Fsp3) is 0.650. The van der Waals surface area contributed by atoms with Gasteiger partial charge in [0.2, 0.25) is 5.91 Å². The molecule has 2 rings (SSSR count). The average Bonchev–Trinajstić information content (AvgIpc) is 2.57. The predicted octanol–water partition coefficient (Wildman–Crippen LogP) is 1.55. The fourth-order valence-corrected chi connectivity index (χ4v) is 3.92. The van der Waals surface area contributed by atoms with Gasteiger partial charge in [0, 0.05) is 34.3 Å². The number of hydrogen-bond acceptors (Lipinski definition) is 5. The van der Waals surface area contributed by atoms with Crippen LogP contribution in [0.4, 0.5) is 0 Å². The normalized spacial score (nSPS) is 18.8. The number of hydrogen-bond donors (Lipinski definition) is 2. The molecule has 26 heavy (non-hydrogen) atoms. The number of carbonyl (C=O) groups is 1. The summed E-state index contributed by atoms with van der Waals surface area (Å²) in [6, 6.07) is 4.20. The first kappa shape index (κ1) is 20.8. The number of nitrogens with one attached hydrogen (secondary N) is 1. The Morgan fingerprint density at radius 2 is 1.81 bits per heavy atom. The van der Waals surface area contributed by atoms with Gasteiger partial charge in [-0.3, -0.25) is 4.79 Å². The maximum atomic E-state index is 12.8. The van der Waals surface area contributed by atoms with Gasteiger partial charge in [0.05, 0.1) is 12.0 Å². The number of methoxy groups -OCH3 is 1. The van der Waals surface area contributed by atoms with Crippen molar-refractivity contribution in [2.75, 3.05) is 34.3 Å². The lowest BCUT2D eigenvalue weighted by Crippen LogP contribution is -2.63. The zero-order valence-electron chi connectivity index (χ0n) is 16.9. The molecule has 1 aromatic carbocycles. The van der Waals surface area contributed by atoms with E-state index in [4.69, 9.17) is 4.74 Å². The molecule has 1 saturated heterocycles. The monoisotopic (exact) mass is 363 g/mol. The van der Waals surface area contributed by atoms with Gasteiger partial charge in [0.1, 0.15) is 0 Å². The van der Waals surface area contributed by atoms with Crippen LogP contribution in [0.5, 0.6) is 0 Å². The van der Waals surface area contributed by atoms with E-state index in [0.717, 1.165) is 29.8 Å². The lowest BCUT2D eigenvalue weighted by Gasteiger charge is -2.45. The van der Waals surface area contributed by atoms with Crippen LogP contribution in [0.3, 0.4) is 0 Å². The highest BCUT2D eigenvalue weighted by molar-refractivity contribution is 5.80. The fourth-order valence-electron chi connectivity index (χ4n) is 3.92. The molecule has 1 aromatic rings. The van der Waals surface area contributed by atoms with Crippen molar-refractivity contribution in [3.8, 4) is 0 Å². The number of hydrazine groups is 1. The van der Waals surface area contributed by atoms with Crippen LogP contribution in [-0.4, -0.2) is 67.2 Å². The minimum absolute atomic E-state index is 0.0746. The number of piperidine rings is 1. The molecule has 0 saturated carbocycles. The van der Waals surface area contributed by atoms with Crippen molar-refractivity contribution < 1.29 is 14.6 Å². The average molecular weight is 364 g/mol. The summed E-state index contributed by atoms with van der Waals surface area (Å²) in [7, 11) is 5.48. The molecule has 1 atom stereocenters. The second-order valence-electron chi connectivity index (χ2n) is 7.65. The number of rotatable bonds is 6. The molecule has 0 aliphatic carbocycles. The second kappa shape index (κ2) is 8.48. The molecule has 1 fully saturated rings. The molecule has 0 bridgehead atoms. The highest BCUT2D eigenvalue weighted by atomic mass is 16.6. The Morgan fingerprint density at radius 3 is 2.27 bits per heavy atom. The maximum Gasteiger partial charge on any atom is 0.225 e. The first-order valence-corrected chi connectivity index (χ1v) is 9.19. The minimum atomic E-state index is -1.02. The Labute approximate surface area is 157 Å². The molecule has 0 radical (unpaired) electrons. The molecule has 6 nitrogen and oxygen atoms in total. The predicted molar refractivity (Wildman–Crippen MR) is 103 cm³/mol. The van der Waals surface area contributed by atoms with Crippen LogP contribution in [0.15, 0.2) is 12.1 Å². The van der Waals surface area contributed by atoms with Crippen LogP contribution in [0.1, 0.15) is 35.1 Å². The van der Waals surface area contributed by atoms with Crippen molar-refractivity contribution >= 4 is 5.91 Å². The molecule has 1 aliphatic rings. The van der Waals surface area contributed by atoms with Gasteiger partial charge in [-0.25, -0.2) is 10.0 Å². The van der Waals surface area contributed by atoms with Crippen LogP contribution in [0, 0.1) is 20.8 Å². The summed E-state index contributed by atoms with van der Waals surface area (Å²) in [6.45, 7) is 7.66. The van der Waals surface area contributed by atoms with Gasteiger partial charge in [0.25, 0.3) is 0 Å². The van der Waals surface area contributed by atoms with Crippen molar-refractivity contribution in [3.63, 3.8) is 0 Å². The number of aryl methyl sites for hydroxylation is 3. The van der Waals surface area contributed by atoms with Crippen LogP contribution in [-0.2, 0) is 16.0 Å². The highest BCUT2D eigenvalue weighted by Crippen LogP contribution is 2.27. The Bertz CT molecular complexity index is 614. The first-order chi connectivity index (χ1) is 12.2. The summed E-state index contributed by atoms with van der Waals surface area (Å²) in [6.07, 6.45) is 0.569. The van der Waals surface area contributed by atoms with E-state index in [2.05, 4.69) is 29.4 Å². The quantitative estimate of drug-likeness (QED) is 0.751. The third-order valence-electron chi connectivity index (χ3n) is 5.46. The zero-order valence-corrected chi connectivity index (χ0v) is 16.9. The molecule has 2 N–H and O–H groups in total. The number of benzene rings is 1. The summed E-state index contributed by atoms with van der Waals surface area (Å²) in [5, 5.41) is 17.8. The molecule has 1 amide bonds. The Morgan fingerprint density at radius 1 is 1.27 bits per heavy atom. The highest BCUT2D eigenvalue weighted by Gasteiger charge is 2.43. The van der Waals surface area contributed by atoms with Crippen LogP contribution < -0.4 is 5.32 Å². The van der Waals surface area contributed by atoms with E-state index in [-0.39, 0.29) is 5.91 Å². The van der Waals surface area contributed by atoms with Crippen LogP contribution in [0.25, 0.3) is 0 Å². The van der Waals surface area contributed by atoms with Crippen molar-refractivity contribution in [1.82, 2.24) is 15.3 Å². The van der Waals surface area contributed by atoms with Crippen molar-refractivity contribution in [1.29, 1.82) is 0 Å². The lowest BCUT2D eigenvalue weighted by molar-refractivity contribution is -0.164. The van der Waals surface area contributed by atoms with E-state index < -0.39 is 11.8 Å². The molecule has 146 valence electrons. The van der Waals surface area contributed by atoms with Crippen molar-refractivity contribution in [3.05, 3.63) is 34.4 Å². The Balaban J connectivity index is 2.13. The van der Waals surface area contributed by atoms with E-state index >= 15 is 0 Å². The lowest BCUT2D eigenvalue weighted by atomic mass is 9.86. The summed E-state index contributed by atoms with van der Waals surface area (Å²) in [5.74, 6) is -0.0746. The SMILES string of the molecule is COC(O)C1(NC(=O)Cc2c(C)cc(C)cc2C)CCN(N(C)C)CC1. The van der Waals surface area contributed by atoms with E-state index in [1.807, 2.05) is 33.0 Å². The standard InChI is InChI=1S/C20H33N3O3/c1-14-11-15(2)17(16(3)12-14)13-18(24)21-20(19(25)26-6)7-9-23(10-8-20)22(4)5/h11-12,19,25H,7-10,13H2,1-6H3,(H,21,24). The number of aliphatic hydroxyl groups excluding tert-OH is 1. The number of ether oxygens (including phenoxy) is 1. The maximum absolute atomic E-state index is 12.8. The molecule has 0 aromatic heterocycles. The smallest absolute Gasteiger partial charge is 0.225 e. The van der Waals surface area contributed by atoms with Gasteiger partial charge in [-0.2, -0.15) is 0 Å². The van der Waals surface area contributed by atoms with Crippen LogP contribution >= 0.6 is 0 Å². The molecule has 1 aliphatic heterocycles. The zero-order chi connectivity index (χ0) is 19.5. The minimum Gasteiger partial charge on any atom is -0.366 e. The number of nitrogens with zero attached hydrogens (tertiary/aromatic N) is 2. The van der Waals surface area contributed by atoms with Crippen molar-refractivity contribution in [2.24, 2.45) is 0 Å². The Hall–Kier alpha value is -1.47. The molecule has 0 spiro atoms. The summed E-state index contributed by atoms with van der Waals surface area (Å²) in [5.41, 5.74) is 3.76. The summed E-state index contributed by atoms with van der Waals surface area (Å²) < 4.78 is 5.21. The van der Waals surface area contributed by atoms with Crippen LogP contribution in [0.2, 0.25) is 0 Å². The second-order valence-corrected chi connectivity index (χ2v) is 7.65. The van der Waals surface area contributed by atoms with Gasteiger partial charge >= 0.3 is 0 Å². The first-order valence-electron chi connectivity index (χ1n) is 9.19. The molecular formula is C20H33N3O3. The summed E-state index contributed by atoms with van der Waals surface area (Å²) in [4.78, 5) is 12.8.